The number of carbonyl (C=O) groups is 2. The van der Waals surface area contributed by atoms with Gasteiger partial charge in [-0.2, -0.15) is 5.10 Å². The number of amides is 1. The molecule has 0 radical (unpaired) electrons. The molecule has 0 spiro atoms. The van der Waals surface area contributed by atoms with Crippen molar-refractivity contribution in [2.75, 3.05) is 20.2 Å². The van der Waals surface area contributed by atoms with Crippen molar-refractivity contribution < 1.29 is 19.1 Å². The van der Waals surface area contributed by atoms with Crippen LogP contribution < -0.4 is 4.74 Å². The van der Waals surface area contributed by atoms with E-state index in [9.17, 15) is 9.59 Å². The van der Waals surface area contributed by atoms with Gasteiger partial charge in [0, 0.05) is 24.7 Å². The predicted octanol–water partition coefficient (Wildman–Crippen LogP) is 4.59. The first-order chi connectivity index (χ1) is 14.6. The Morgan fingerprint density at radius 2 is 1.94 bits per heavy atom. The number of halogens is 2. The predicted molar refractivity (Wildman–Crippen MR) is 129 cm³/mol. The Labute approximate surface area is 201 Å². The number of likely N-dealkylation sites (tertiary alicyclic amines) is 1. The molecule has 0 N–H and O–H groups in total. The van der Waals surface area contributed by atoms with Crippen molar-refractivity contribution in [1.82, 2.24) is 19.4 Å². The van der Waals surface area contributed by atoms with Crippen molar-refractivity contribution in [2.24, 2.45) is 5.92 Å². The van der Waals surface area contributed by atoms with Gasteiger partial charge in [-0.3, -0.25) is 9.59 Å². The van der Waals surface area contributed by atoms with Gasteiger partial charge in [-0.05, 0) is 61.7 Å². The number of aromatic nitrogens is 3. The lowest BCUT2D eigenvalue weighted by Crippen LogP contribution is -2.41. The molecule has 0 aliphatic carbocycles. The molecule has 2 aromatic rings. The lowest BCUT2D eigenvalue weighted by Gasteiger charge is -2.32. The summed E-state index contributed by atoms with van der Waals surface area (Å²) in [5, 5.41) is 4.95. The number of nitrogens with zero attached hydrogens (tertiary/aromatic N) is 4. The molecule has 1 aliphatic rings. The van der Waals surface area contributed by atoms with Crippen molar-refractivity contribution in [3.63, 3.8) is 0 Å². The quantitative estimate of drug-likeness (QED) is 0.293. The van der Waals surface area contributed by atoms with Gasteiger partial charge in [-0.15, -0.1) is 0 Å². The Bertz CT molecular complexity index is 971. The van der Waals surface area contributed by atoms with Crippen LogP contribution in [0.2, 0.25) is 5.02 Å². The molecule has 8 nitrogen and oxygen atoms in total. The Kier molecular flexibility index (Phi) is 7.81. The third kappa shape index (κ3) is 5.87. The van der Waals surface area contributed by atoms with E-state index < -0.39 is 5.60 Å². The standard InChI is InChI=1S/C20H25ClIN4O4P/c1-20(2,3)30-19(28)12-5-7-25(8-6-12)18(27)15-10-16(26(24-15)31-22)13-9-17(29-4)23-11-14(13)21/h9-12,31H,5-8H2,1-4H3. The van der Waals surface area contributed by atoms with Crippen LogP contribution in [0.3, 0.4) is 0 Å². The zero-order valence-corrected chi connectivity index (χ0v) is 21.7. The van der Waals surface area contributed by atoms with E-state index in [1.165, 1.54) is 13.3 Å². The number of piperidine rings is 1. The number of ether oxygens (including phenoxy) is 2. The Balaban J connectivity index is 1.75. The molecule has 1 saturated heterocycles. The molecule has 3 heterocycles. The highest BCUT2D eigenvalue weighted by atomic mass is 127. The van der Waals surface area contributed by atoms with Gasteiger partial charge >= 0.3 is 5.97 Å². The van der Waals surface area contributed by atoms with Gasteiger partial charge in [-0.1, -0.05) is 11.6 Å². The van der Waals surface area contributed by atoms with Crippen LogP contribution in [0, 0.1) is 5.92 Å². The summed E-state index contributed by atoms with van der Waals surface area (Å²) in [6.07, 6.45) is 2.96. The average Bonchev–Trinajstić information content (AvgIpc) is 3.16. The zero-order chi connectivity index (χ0) is 22.8. The molecule has 0 bridgehead atoms. The van der Waals surface area contributed by atoms with Gasteiger partial charge in [0.25, 0.3) is 5.91 Å². The highest BCUT2D eigenvalue weighted by molar-refractivity contribution is 14.2. The molecule has 168 valence electrons. The van der Waals surface area contributed by atoms with Crippen LogP contribution in [0.15, 0.2) is 18.3 Å². The fraction of sp³-hybridized carbons (Fsp3) is 0.500. The van der Waals surface area contributed by atoms with Gasteiger partial charge in [0.1, 0.15) is 5.60 Å². The maximum absolute atomic E-state index is 13.1. The van der Waals surface area contributed by atoms with Gasteiger partial charge in [-0.25, -0.2) is 9.44 Å². The summed E-state index contributed by atoms with van der Waals surface area (Å²) in [5.74, 6) is -0.107. The fourth-order valence-corrected chi connectivity index (χ4v) is 5.06. The summed E-state index contributed by atoms with van der Waals surface area (Å²) in [6.45, 7) is 6.55. The first-order valence-electron chi connectivity index (χ1n) is 9.81. The fourth-order valence-electron chi connectivity index (χ4n) is 3.33. The monoisotopic (exact) mass is 578 g/mol. The van der Waals surface area contributed by atoms with E-state index in [1.807, 2.05) is 20.8 Å². The number of hydrogen-bond donors (Lipinski definition) is 0. The van der Waals surface area contributed by atoms with Crippen LogP contribution in [-0.2, 0) is 9.53 Å². The Hall–Kier alpha value is -1.45. The first kappa shape index (κ1) is 24.2. The highest BCUT2D eigenvalue weighted by Crippen LogP contribution is 2.36. The normalized spacial score (nSPS) is 15.5. The molecule has 3 rings (SSSR count). The van der Waals surface area contributed by atoms with Crippen LogP contribution >= 0.6 is 40.0 Å². The third-order valence-electron chi connectivity index (χ3n) is 4.85. The van der Waals surface area contributed by atoms with E-state index in [-0.39, 0.29) is 24.2 Å². The third-order valence-corrected chi connectivity index (χ3v) is 7.02. The molecule has 1 atom stereocenters. The zero-order valence-electron chi connectivity index (χ0n) is 17.8. The molecule has 1 aliphatic heterocycles. The van der Waals surface area contributed by atoms with Crippen LogP contribution in [0.4, 0.5) is 0 Å². The maximum Gasteiger partial charge on any atom is 0.309 e. The number of rotatable bonds is 5. The molecule has 0 aromatic carbocycles. The lowest BCUT2D eigenvalue weighted by atomic mass is 9.96. The summed E-state index contributed by atoms with van der Waals surface area (Å²) in [7, 11) is 1.53. The number of pyridine rings is 1. The van der Waals surface area contributed by atoms with Gasteiger partial charge < -0.3 is 14.4 Å². The molecule has 1 amide bonds. The van der Waals surface area contributed by atoms with Crippen LogP contribution in [0.1, 0.15) is 44.1 Å². The molecular weight excluding hydrogens is 554 g/mol. The summed E-state index contributed by atoms with van der Waals surface area (Å²) in [5.41, 5.74) is 1.27. The Morgan fingerprint density at radius 1 is 1.26 bits per heavy atom. The van der Waals surface area contributed by atoms with Gasteiger partial charge in [0.2, 0.25) is 5.88 Å². The smallest absolute Gasteiger partial charge is 0.309 e. The maximum atomic E-state index is 13.1. The molecule has 2 aromatic heterocycles. The van der Waals surface area contributed by atoms with Crippen molar-refractivity contribution in [3.8, 4) is 17.1 Å². The van der Waals surface area contributed by atoms with E-state index in [0.717, 1.165) is 5.69 Å². The van der Waals surface area contributed by atoms with E-state index in [0.29, 0.717) is 48.1 Å². The van der Waals surface area contributed by atoms with Crippen LogP contribution in [-0.4, -0.2) is 57.1 Å². The van der Waals surface area contributed by atoms with Crippen molar-refractivity contribution in [3.05, 3.63) is 29.0 Å². The molecule has 1 fully saturated rings. The molecule has 31 heavy (non-hydrogen) atoms. The van der Waals surface area contributed by atoms with Crippen LogP contribution in [0.25, 0.3) is 11.3 Å². The van der Waals surface area contributed by atoms with Gasteiger partial charge in [0.15, 0.2) is 5.69 Å². The van der Waals surface area contributed by atoms with Crippen molar-refractivity contribution in [1.29, 1.82) is 0 Å². The second-order valence-electron chi connectivity index (χ2n) is 8.22. The summed E-state index contributed by atoms with van der Waals surface area (Å²) >= 11 is 8.56. The van der Waals surface area contributed by atoms with E-state index in [1.54, 1.807) is 21.5 Å². The first-order valence-corrected chi connectivity index (χ1v) is 14.3. The van der Waals surface area contributed by atoms with E-state index >= 15 is 0 Å². The molecular formula is C20H25ClIN4O4P. The summed E-state index contributed by atoms with van der Waals surface area (Å²) in [6, 6.07) is 3.47. The van der Waals surface area contributed by atoms with E-state index in [2.05, 4.69) is 32.1 Å². The minimum Gasteiger partial charge on any atom is -0.481 e. The average molecular weight is 579 g/mol. The van der Waals surface area contributed by atoms with E-state index in [4.69, 9.17) is 21.1 Å². The minimum atomic E-state index is -0.510. The van der Waals surface area contributed by atoms with Crippen molar-refractivity contribution >= 4 is 51.9 Å². The number of hydrogen-bond acceptors (Lipinski definition) is 6. The van der Waals surface area contributed by atoms with Crippen molar-refractivity contribution in [2.45, 2.75) is 39.2 Å². The SMILES string of the molecule is COc1cc(-c2cc(C(=O)N3CCC(C(=O)OC(C)(C)C)CC3)nn2PI)c(Cl)cn1. The number of methoxy groups -OCH3 is 1. The second kappa shape index (κ2) is 10.0. The van der Waals surface area contributed by atoms with Gasteiger partial charge in [0.05, 0.1) is 36.3 Å². The lowest BCUT2D eigenvalue weighted by molar-refractivity contribution is -0.161. The minimum absolute atomic E-state index is 0.158. The largest absolute Gasteiger partial charge is 0.481 e. The number of carbonyl (C=O) groups excluding carboxylic acids is 2. The topological polar surface area (TPSA) is 86.5 Å². The number of esters is 1. The second-order valence-corrected chi connectivity index (χ2v) is 10.7. The van der Waals surface area contributed by atoms with Crippen LogP contribution in [0.5, 0.6) is 5.88 Å². The Morgan fingerprint density at radius 3 is 2.52 bits per heavy atom. The molecule has 11 heteroatoms. The molecule has 0 saturated carbocycles. The summed E-state index contributed by atoms with van der Waals surface area (Å²) < 4.78 is 12.4. The molecule has 1 unspecified atom stereocenters. The summed E-state index contributed by atoms with van der Waals surface area (Å²) in [4.78, 5) is 31.2. The highest BCUT2D eigenvalue weighted by Gasteiger charge is 2.32.